The van der Waals surface area contributed by atoms with Crippen molar-refractivity contribution in [3.05, 3.63) is 65.9 Å². The maximum absolute atomic E-state index is 12.5. The average molecular weight is 424 g/mol. The molecule has 0 radical (unpaired) electrons. The third-order valence-corrected chi connectivity index (χ3v) is 7.70. The number of anilines is 2. The van der Waals surface area contributed by atoms with Crippen molar-refractivity contribution in [2.45, 2.75) is 23.0 Å². The van der Waals surface area contributed by atoms with Gasteiger partial charge in [0, 0.05) is 38.5 Å². The van der Waals surface area contributed by atoms with Crippen LogP contribution in [0, 0.1) is 4.78 Å². The lowest BCUT2D eigenvalue weighted by Crippen LogP contribution is -2.05. The Bertz CT molecular complexity index is 1310. The Morgan fingerprint density at radius 1 is 1.14 bits per heavy atom. The summed E-state index contributed by atoms with van der Waals surface area (Å²) in [6.07, 6.45) is 5.21. The smallest absolute Gasteiger partial charge is 0.227 e. The first-order valence-electron chi connectivity index (χ1n) is 9.26. The molecular weight excluding hydrogens is 406 g/mol. The van der Waals surface area contributed by atoms with E-state index in [4.69, 9.17) is 16.4 Å². The van der Waals surface area contributed by atoms with Crippen LogP contribution < -0.4 is 5.32 Å². The minimum atomic E-state index is -2.70. The molecule has 4 aromatic rings. The summed E-state index contributed by atoms with van der Waals surface area (Å²) in [5.74, 6) is 0.413. The van der Waals surface area contributed by atoms with E-state index >= 15 is 0 Å². The quantitative estimate of drug-likeness (QED) is 0.390. The van der Waals surface area contributed by atoms with E-state index in [0.29, 0.717) is 21.6 Å². The summed E-state index contributed by atoms with van der Waals surface area (Å²) in [5, 5.41) is 4.66. The largest absolute Gasteiger partial charge is 0.360 e. The second-order valence-electron chi connectivity index (χ2n) is 7.09. The molecule has 0 bridgehead atoms. The molecule has 0 amide bonds. The van der Waals surface area contributed by atoms with Gasteiger partial charge >= 0.3 is 0 Å². The lowest BCUT2D eigenvalue weighted by atomic mass is 10.1. The molecule has 1 atom stereocenters. The number of halogens is 1. The number of fused-ring (bicyclic) bond motifs is 1. The molecule has 5 rings (SSSR count). The molecular formula is C21H18ClN5OS. The van der Waals surface area contributed by atoms with E-state index in [2.05, 4.69) is 20.3 Å². The molecule has 0 saturated heterocycles. The number of nitrogens with zero attached hydrogens (tertiary/aromatic N) is 2. The van der Waals surface area contributed by atoms with Crippen LogP contribution in [0.2, 0.25) is 5.02 Å². The number of hydrogen-bond acceptors (Lipinski definition) is 5. The highest BCUT2D eigenvalue weighted by atomic mass is 35.5. The van der Waals surface area contributed by atoms with Crippen molar-refractivity contribution in [2.24, 2.45) is 0 Å². The third-order valence-electron chi connectivity index (χ3n) is 5.04. The van der Waals surface area contributed by atoms with Gasteiger partial charge in [0.25, 0.3) is 0 Å². The van der Waals surface area contributed by atoms with Gasteiger partial charge in [-0.15, -0.1) is 0 Å². The van der Waals surface area contributed by atoms with Crippen molar-refractivity contribution in [3.8, 4) is 11.3 Å². The molecule has 2 aromatic carbocycles. The molecule has 1 saturated carbocycles. The van der Waals surface area contributed by atoms with Crippen molar-refractivity contribution in [3.63, 3.8) is 0 Å². The molecule has 3 N–H and O–H groups in total. The summed E-state index contributed by atoms with van der Waals surface area (Å²) in [7, 11) is -2.70. The van der Waals surface area contributed by atoms with Crippen LogP contribution in [-0.2, 0) is 9.73 Å². The van der Waals surface area contributed by atoms with Gasteiger partial charge < -0.3 is 10.3 Å². The second-order valence-corrected chi connectivity index (χ2v) is 9.83. The van der Waals surface area contributed by atoms with Crippen molar-refractivity contribution in [1.82, 2.24) is 15.0 Å². The maximum Gasteiger partial charge on any atom is 0.227 e. The van der Waals surface area contributed by atoms with Crippen LogP contribution in [-0.4, -0.2) is 24.4 Å². The zero-order valence-corrected chi connectivity index (χ0v) is 16.9. The molecule has 1 aliphatic carbocycles. The normalized spacial score (nSPS) is 15.9. The highest BCUT2D eigenvalue weighted by molar-refractivity contribution is 7.93. The van der Waals surface area contributed by atoms with Crippen molar-refractivity contribution in [1.29, 1.82) is 4.78 Å². The van der Waals surface area contributed by atoms with Crippen molar-refractivity contribution < 1.29 is 4.21 Å². The molecule has 29 heavy (non-hydrogen) atoms. The maximum atomic E-state index is 12.5. The van der Waals surface area contributed by atoms with E-state index in [9.17, 15) is 4.21 Å². The predicted molar refractivity (Wildman–Crippen MR) is 116 cm³/mol. The van der Waals surface area contributed by atoms with E-state index in [-0.39, 0.29) is 5.25 Å². The van der Waals surface area contributed by atoms with Crippen molar-refractivity contribution >= 4 is 43.9 Å². The van der Waals surface area contributed by atoms with Crippen molar-refractivity contribution in [2.75, 3.05) is 5.32 Å². The first kappa shape index (κ1) is 18.1. The molecule has 1 unspecified atom stereocenters. The van der Waals surface area contributed by atoms with Gasteiger partial charge in [0.1, 0.15) is 0 Å². The minimum Gasteiger partial charge on any atom is -0.360 e. The van der Waals surface area contributed by atoms with Gasteiger partial charge in [-0.05, 0) is 43.2 Å². The van der Waals surface area contributed by atoms with Gasteiger partial charge in [0.15, 0.2) is 0 Å². The lowest BCUT2D eigenvalue weighted by Gasteiger charge is -2.10. The number of benzene rings is 2. The molecule has 2 heterocycles. The standard InChI is InChI=1S/C21H18ClN5OS/c22-18-12-25-21(27-20(18)17-11-24-19-4-2-1-3-16(17)19)26-13-5-7-14(8-6-13)29(23,28)15-9-10-15/h1-8,11-12,15,23-24H,9-10H2,(H,25,26,27). The molecule has 2 aromatic heterocycles. The van der Waals surface area contributed by atoms with Crippen LogP contribution in [0.25, 0.3) is 22.2 Å². The van der Waals surface area contributed by atoms with Crippen LogP contribution in [0.4, 0.5) is 11.6 Å². The number of rotatable bonds is 5. The first-order chi connectivity index (χ1) is 14.0. The third kappa shape index (κ3) is 3.36. The molecule has 146 valence electrons. The molecule has 8 heteroatoms. The van der Waals surface area contributed by atoms with Gasteiger partial charge in [0.05, 0.1) is 26.6 Å². The summed E-state index contributed by atoms with van der Waals surface area (Å²) in [4.78, 5) is 12.7. The summed E-state index contributed by atoms with van der Waals surface area (Å²) in [6, 6.07) is 15.1. The Labute approximate surface area is 173 Å². The van der Waals surface area contributed by atoms with Crippen LogP contribution in [0.15, 0.2) is 65.8 Å². The zero-order chi connectivity index (χ0) is 20.0. The number of nitrogens with one attached hydrogen (secondary N) is 3. The molecule has 0 aliphatic heterocycles. The summed E-state index contributed by atoms with van der Waals surface area (Å²) in [5.41, 5.74) is 3.31. The Kier molecular flexibility index (Phi) is 4.29. The summed E-state index contributed by atoms with van der Waals surface area (Å²) >= 11 is 6.38. The fourth-order valence-corrected chi connectivity index (χ4v) is 5.26. The first-order valence-corrected chi connectivity index (χ1v) is 11.3. The Morgan fingerprint density at radius 3 is 2.66 bits per heavy atom. The number of aromatic amines is 1. The fraction of sp³-hybridized carbons (Fsp3) is 0.143. The van der Waals surface area contributed by atoms with Gasteiger partial charge in [-0.3, -0.25) is 0 Å². The fourth-order valence-electron chi connectivity index (χ4n) is 3.35. The van der Waals surface area contributed by atoms with E-state index in [1.165, 1.54) is 0 Å². The topological polar surface area (TPSA) is 94.5 Å². The SMILES string of the molecule is N=S(=O)(c1ccc(Nc2ncc(Cl)c(-c3c[nH]c4ccccc34)n2)cc1)C1CC1. The van der Waals surface area contributed by atoms with E-state index in [1.807, 2.05) is 30.5 Å². The van der Waals surface area contributed by atoms with Crippen LogP contribution in [0.1, 0.15) is 12.8 Å². The summed E-state index contributed by atoms with van der Waals surface area (Å²) in [6.45, 7) is 0. The van der Waals surface area contributed by atoms with Crippen LogP contribution in [0.5, 0.6) is 0 Å². The van der Waals surface area contributed by atoms with Gasteiger partial charge in [-0.2, -0.15) is 0 Å². The number of aromatic nitrogens is 3. The van der Waals surface area contributed by atoms with Gasteiger partial charge in [-0.25, -0.2) is 19.0 Å². The minimum absolute atomic E-state index is 0.000334. The highest BCUT2D eigenvalue weighted by Crippen LogP contribution is 2.35. The van der Waals surface area contributed by atoms with E-state index < -0.39 is 9.73 Å². The average Bonchev–Trinajstić information content (AvgIpc) is 3.51. The number of para-hydroxylation sites is 1. The predicted octanol–water partition coefficient (Wildman–Crippen LogP) is 5.59. The van der Waals surface area contributed by atoms with Crippen LogP contribution in [0.3, 0.4) is 0 Å². The van der Waals surface area contributed by atoms with Gasteiger partial charge in [0.2, 0.25) is 5.95 Å². The Morgan fingerprint density at radius 2 is 1.90 bits per heavy atom. The Balaban J connectivity index is 1.45. The number of hydrogen-bond donors (Lipinski definition) is 3. The van der Waals surface area contributed by atoms with Gasteiger partial charge in [-0.1, -0.05) is 29.8 Å². The second kappa shape index (κ2) is 6.86. The van der Waals surface area contributed by atoms with E-state index in [1.54, 1.807) is 30.5 Å². The van der Waals surface area contributed by atoms with Crippen LogP contribution >= 0.6 is 11.6 Å². The monoisotopic (exact) mass is 423 g/mol. The zero-order valence-electron chi connectivity index (χ0n) is 15.4. The number of H-pyrrole nitrogens is 1. The molecule has 1 aliphatic rings. The highest BCUT2D eigenvalue weighted by Gasteiger charge is 2.33. The molecule has 0 spiro atoms. The Hall–Kier alpha value is -2.90. The van der Waals surface area contributed by atoms with E-state index in [0.717, 1.165) is 35.0 Å². The lowest BCUT2D eigenvalue weighted by molar-refractivity contribution is 0.674. The summed E-state index contributed by atoms with van der Waals surface area (Å²) < 4.78 is 20.7. The molecule has 1 fully saturated rings. The molecule has 6 nitrogen and oxygen atoms in total.